The summed E-state index contributed by atoms with van der Waals surface area (Å²) in [6.45, 7) is 3.92. The van der Waals surface area contributed by atoms with Gasteiger partial charge in [0.2, 0.25) is 0 Å². The number of allylic oxidation sites excluding steroid dienone is 18. The summed E-state index contributed by atoms with van der Waals surface area (Å²) >= 11 is 0. The SMILES string of the molecule is CC/C=C\C/C=C\C/C=C\C/C=C\C/C=C\C/C=C\C/C=C\CCCCCC(=O)OC(CO)COC(=O)CCCCCCC/C=C\C/C=C\CCCC. The molecule has 1 atom stereocenters. The van der Waals surface area contributed by atoms with Crippen molar-refractivity contribution in [1.29, 1.82) is 0 Å². The van der Waals surface area contributed by atoms with Crippen molar-refractivity contribution in [3.63, 3.8) is 0 Å². The first-order valence-electron chi connectivity index (χ1n) is 20.9. The Hall–Kier alpha value is -3.44. The smallest absolute Gasteiger partial charge is 0.306 e. The average Bonchev–Trinajstić information content (AvgIpc) is 3.16. The van der Waals surface area contributed by atoms with E-state index in [1.165, 1.54) is 25.7 Å². The first-order valence-corrected chi connectivity index (χ1v) is 20.9. The Morgan fingerprint density at radius 1 is 0.453 bits per heavy atom. The minimum atomic E-state index is -0.803. The summed E-state index contributed by atoms with van der Waals surface area (Å²) in [4.78, 5) is 24.3. The van der Waals surface area contributed by atoms with Crippen molar-refractivity contribution in [2.24, 2.45) is 0 Å². The van der Waals surface area contributed by atoms with Crippen molar-refractivity contribution >= 4 is 11.9 Å². The van der Waals surface area contributed by atoms with Gasteiger partial charge in [0, 0.05) is 12.8 Å². The van der Waals surface area contributed by atoms with Gasteiger partial charge in [0.25, 0.3) is 0 Å². The van der Waals surface area contributed by atoms with Crippen LogP contribution >= 0.6 is 0 Å². The molecule has 0 aliphatic carbocycles. The van der Waals surface area contributed by atoms with E-state index in [-0.39, 0.29) is 25.2 Å². The highest BCUT2D eigenvalue weighted by Gasteiger charge is 2.16. The molecule has 0 saturated heterocycles. The molecule has 0 aliphatic rings. The summed E-state index contributed by atoms with van der Waals surface area (Å²) < 4.78 is 10.6. The summed E-state index contributed by atoms with van der Waals surface area (Å²) in [5.74, 6) is -0.658. The summed E-state index contributed by atoms with van der Waals surface area (Å²) in [6, 6.07) is 0. The van der Waals surface area contributed by atoms with Crippen molar-refractivity contribution in [3.8, 4) is 0 Å². The van der Waals surface area contributed by atoms with Crippen LogP contribution in [-0.2, 0) is 19.1 Å². The number of ether oxygens (including phenoxy) is 2. The zero-order chi connectivity index (χ0) is 38.6. The number of carbonyl (C=O) groups is 2. The second-order valence-electron chi connectivity index (χ2n) is 13.3. The molecule has 0 spiro atoms. The van der Waals surface area contributed by atoms with Crippen LogP contribution in [0.25, 0.3) is 0 Å². The molecule has 0 heterocycles. The molecular weight excluding hydrogens is 657 g/mol. The number of rotatable bonds is 36. The fraction of sp³-hybridized carbons (Fsp3) is 0.583. The molecule has 298 valence electrons. The molecule has 0 aromatic heterocycles. The van der Waals surface area contributed by atoms with Gasteiger partial charge >= 0.3 is 11.9 Å². The number of esters is 2. The maximum absolute atomic E-state index is 12.2. The third-order valence-electron chi connectivity index (χ3n) is 8.30. The lowest BCUT2D eigenvalue weighted by Gasteiger charge is -2.15. The maximum atomic E-state index is 12.2. The molecule has 0 fully saturated rings. The molecule has 5 nitrogen and oxygen atoms in total. The summed E-state index contributed by atoms with van der Waals surface area (Å²) in [7, 11) is 0. The van der Waals surface area contributed by atoms with E-state index in [0.29, 0.717) is 12.8 Å². The fourth-order valence-electron chi connectivity index (χ4n) is 5.14. The largest absolute Gasteiger partial charge is 0.462 e. The standard InChI is InChI=1S/C48H76O5/c1-3-5-7-9-11-13-15-17-19-20-21-22-23-24-25-26-27-28-29-31-33-35-37-39-41-43-48(51)53-46(44-49)45-52-47(50)42-40-38-36-34-32-30-18-16-14-12-10-8-6-4-2/h5,7,10-13,16-19,21-22,24-25,27-28,31,33,46,49H,3-4,6,8-9,14-15,20,23,26,29-30,32,34-45H2,1-2H3/b7-5-,12-10-,13-11-,18-16-,19-17-,22-21-,25-24-,28-27-,33-31-. The van der Waals surface area contributed by atoms with E-state index in [0.717, 1.165) is 109 Å². The Morgan fingerprint density at radius 2 is 0.811 bits per heavy atom. The first kappa shape index (κ1) is 49.6. The van der Waals surface area contributed by atoms with Crippen molar-refractivity contribution in [2.75, 3.05) is 13.2 Å². The highest BCUT2D eigenvalue weighted by Crippen LogP contribution is 2.10. The Bertz CT molecular complexity index is 1100. The highest BCUT2D eigenvalue weighted by molar-refractivity contribution is 5.70. The van der Waals surface area contributed by atoms with Crippen LogP contribution in [0, 0.1) is 0 Å². The average molecular weight is 733 g/mol. The predicted octanol–water partition coefficient (Wildman–Crippen LogP) is 13.5. The number of aliphatic hydroxyl groups is 1. The van der Waals surface area contributed by atoms with Gasteiger partial charge in [-0.25, -0.2) is 0 Å². The molecule has 1 N–H and O–H groups in total. The molecule has 0 radical (unpaired) electrons. The van der Waals surface area contributed by atoms with Gasteiger partial charge in [0.1, 0.15) is 6.61 Å². The van der Waals surface area contributed by atoms with E-state index >= 15 is 0 Å². The maximum Gasteiger partial charge on any atom is 0.306 e. The van der Waals surface area contributed by atoms with Crippen molar-refractivity contribution in [2.45, 2.75) is 168 Å². The van der Waals surface area contributed by atoms with Gasteiger partial charge in [-0.2, -0.15) is 0 Å². The summed E-state index contributed by atoms with van der Waals surface area (Å²) in [6.07, 6.45) is 61.5. The van der Waals surface area contributed by atoms with E-state index in [1.54, 1.807) is 0 Å². The highest BCUT2D eigenvalue weighted by atomic mass is 16.6. The molecule has 1 unspecified atom stereocenters. The second-order valence-corrected chi connectivity index (χ2v) is 13.3. The lowest BCUT2D eigenvalue weighted by molar-refractivity contribution is -0.161. The van der Waals surface area contributed by atoms with Gasteiger partial charge in [-0.15, -0.1) is 0 Å². The zero-order valence-corrected chi connectivity index (χ0v) is 33.7. The zero-order valence-electron chi connectivity index (χ0n) is 33.7. The topological polar surface area (TPSA) is 72.8 Å². The van der Waals surface area contributed by atoms with Crippen molar-refractivity contribution in [3.05, 3.63) is 109 Å². The molecular formula is C48H76O5. The van der Waals surface area contributed by atoms with Crippen molar-refractivity contribution in [1.82, 2.24) is 0 Å². The lowest BCUT2D eigenvalue weighted by atomic mass is 10.1. The number of unbranched alkanes of at least 4 members (excludes halogenated alkanes) is 10. The van der Waals surface area contributed by atoms with E-state index < -0.39 is 6.10 Å². The van der Waals surface area contributed by atoms with Crippen LogP contribution in [0.3, 0.4) is 0 Å². The Balaban J connectivity index is 3.71. The Morgan fingerprint density at radius 3 is 1.25 bits per heavy atom. The first-order chi connectivity index (χ1) is 26.1. The second kappa shape index (κ2) is 43.0. The van der Waals surface area contributed by atoms with Gasteiger partial charge in [-0.1, -0.05) is 162 Å². The van der Waals surface area contributed by atoms with Crippen LogP contribution in [-0.4, -0.2) is 36.4 Å². The number of aliphatic hydroxyl groups excluding tert-OH is 1. The Labute approximate surface area is 325 Å². The summed E-state index contributed by atoms with van der Waals surface area (Å²) in [5, 5.41) is 9.56. The summed E-state index contributed by atoms with van der Waals surface area (Å²) in [5.41, 5.74) is 0. The molecule has 0 aliphatic heterocycles. The van der Waals surface area contributed by atoms with Crippen LogP contribution in [0.1, 0.15) is 162 Å². The van der Waals surface area contributed by atoms with Crippen LogP contribution < -0.4 is 0 Å². The van der Waals surface area contributed by atoms with Crippen LogP contribution in [0.15, 0.2) is 109 Å². The third-order valence-corrected chi connectivity index (χ3v) is 8.30. The Kier molecular flexibility index (Phi) is 40.2. The minimum Gasteiger partial charge on any atom is -0.462 e. The molecule has 0 rings (SSSR count). The van der Waals surface area contributed by atoms with E-state index in [1.807, 2.05) is 0 Å². The molecule has 0 aromatic carbocycles. The lowest BCUT2D eigenvalue weighted by Crippen LogP contribution is -2.28. The molecule has 0 saturated carbocycles. The predicted molar refractivity (Wildman–Crippen MR) is 228 cm³/mol. The molecule has 5 heteroatoms. The number of carbonyl (C=O) groups excluding carboxylic acids is 2. The molecule has 0 bridgehead atoms. The fourth-order valence-corrected chi connectivity index (χ4v) is 5.14. The quantitative estimate of drug-likeness (QED) is 0.0394. The molecule has 0 aromatic rings. The van der Waals surface area contributed by atoms with Crippen LogP contribution in [0.2, 0.25) is 0 Å². The van der Waals surface area contributed by atoms with E-state index in [2.05, 4.69) is 123 Å². The van der Waals surface area contributed by atoms with Gasteiger partial charge in [0.05, 0.1) is 6.61 Å². The van der Waals surface area contributed by atoms with Crippen LogP contribution in [0.4, 0.5) is 0 Å². The van der Waals surface area contributed by atoms with Crippen LogP contribution in [0.5, 0.6) is 0 Å². The van der Waals surface area contributed by atoms with Crippen molar-refractivity contribution < 1.29 is 24.2 Å². The molecule has 0 amide bonds. The normalized spacial score (nSPS) is 13.3. The third kappa shape index (κ3) is 41.2. The van der Waals surface area contributed by atoms with Gasteiger partial charge < -0.3 is 14.6 Å². The monoisotopic (exact) mass is 733 g/mol. The minimum absolute atomic E-state index is 0.0945. The molecule has 53 heavy (non-hydrogen) atoms. The van der Waals surface area contributed by atoms with E-state index in [4.69, 9.17) is 9.47 Å². The number of hydrogen-bond donors (Lipinski definition) is 1. The van der Waals surface area contributed by atoms with Gasteiger partial charge in [0.15, 0.2) is 6.10 Å². The number of hydrogen-bond acceptors (Lipinski definition) is 5. The van der Waals surface area contributed by atoms with Gasteiger partial charge in [-0.3, -0.25) is 9.59 Å². The van der Waals surface area contributed by atoms with E-state index in [9.17, 15) is 14.7 Å². The van der Waals surface area contributed by atoms with Gasteiger partial charge in [-0.05, 0) is 96.3 Å².